The van der Waals surface area contributed by atoms with Crippen LogP contribution >= 0.6 is 0 Å². The zero-order valence-corrected chi connectivity index (χ0v) is 15.9. The third kappa shape index (κ3) is 3.64. The second-order valence-corrected chi connectivity index (χ2v) is 7.52. The average molecular weight is 386 g/mol. The van der Waals surface area contributed by atoms with Gasteiger partial charge in [-0.2, -0.15) is 4.98 Å². The van der Waals surface area contributed by atoms with Crippen LogP contribution in [0.1, 0.15) is 41.8 Å². The molecule has 1 aromatic heterocycles. The van der Waals surface area contributed by atoms with E-state index in [1.807, 2.05) is 18.2 Å². The number of nitrogens with one attached hydrogen (secondary N) is 1. The molecule has 1 fully saturated rings. The molecule has 2 aliphatic rings. The summed E-state index contributed by atoms with van der Waals surface area (Å²) in [6.07, 6.45) is 2.06. The van der Waals surface area contributed by atoms with Gasteiger partial charge in [-0.3, -0.25) is 9.59 Å². The number of fused-ring (bicyclic) bond motifs is 1. The average Bonchev–Trinajstić information content (AvgIpc) is 3.33. The summed E-state index contributed by atoms with van der Waals surface area (Å²) in [7, 11) is 1.49. The lowest BCUT2D eigenvalue weighted by Crippen LogP contribution is -2.45. The molecular formula is C19H22N4O5. The molecule has 4 rings (SSSR count). The van der Waals surface area contributed by atoms with Crippen LogP contribution < -0.4 is 14.8 Å². The van der Waals surface area contributed by atoms with Gasteiger partial charge in [-0.15, -0.1) is 0 Å². The van der Waals surface area contributed by atoms with Gasteiger partial charge in [0.05, 0.1) is 0 Å². The van der Waals surface area contributed by atoms with Crippen LogP contribution in [0, 0.1) is 5.41 Å². The summed E-state index contributed by atoms with van der Waals surface area (Å²) in [4.78, 5) is 29.8. The predicted molar refractivity (Wildman–Crippen MR) is 96.7 cm³/mol. The molecule has 0 unspecified atom stereocenters. The molecule has 28 heavy (non-hydrogen) atoms. The van der Waals surface area contributed by atoms with Gasteiger partial charge in [0.15, 0.2) is 11.5 Å². The van der Waals surface area contributed by atoms with Crippen molar-refractivity contribution in [1.82, 2.24) is 20.4 Å². The number of carbonyl (C=O) groups is 2. The predicted octanol–water partition coefficient (Wildman–Crippen LogP) is 1.53. The fraction of sp³-hybridized carbons (Fsp3) is 0.474. The molecule has 1 aromatic carbocycles. The number of ether oxygens (including phenoxy) is 2. The first-order valence-electron chi connectivity index (χ1n) is 9.17. The van der Waals surface area contributed by atoms with Gasteiger partial charge in [0.25, 0.3) is 11.7 Å². The molecule has 1 atom stereocenters. The van der Waals surface area contributed by atoms with E-state index in [0.29, 0.717) is 13.0 Å². The summed E-state index contributed by atoms with van der Waals surface area (Å²) in [6, 6.07) is 5.96. The van der Waals surface area contributed by atoms with Gasteiger partial charge >= 0.3 is 0 Å². The molecule has 0 saturated carbocycles. The van der Waals surface area contributed by atoms with E-state index in [-0.39, 0.29) is 36.4 Å². The van der Waals surface area contributed by atoms with Crippen LogP contribution in [-0.2, 0) is 17.8 Å². The fourth-order valence-corrected chi connectivity index (χ4v) is 3.71. The number of amides is 2. The third-order valence-corrected chi connectivity index (χ3v) is 5.16. The van der Waals surface area contributed by atoms with Gasteiger partial charge in [-0.1, -0.05) is 18.1 Å². The largest absolute Gasteiger partial charge is 0.454 e. The third-order valence-electron chi connectivity index (χ3n) is 5.16. The molecule has 148 valence electrons. The van der Waals surface area contributed by atoms with Crippen molar-refractivity contribution in [1.29, 1.82) is 0 Å². The van der Waals surface area contributed by atoms with Gasteiger partial charge in [0, 0.05) is 20.0 Å². The zero-order valence-electron chi connectivity index (χ0n) is 15.9. The first-order valence-corrected chi connectivity index (χ1v) is 9.17. The summed E-state index contributed by atoms with van der Waals surface area (Å²) >= 11 is 0. The molecule has 0 spiro atoms. The van der Waals surface area contributed by atoms with Crippen LogP contribution in [0.4, 0.5) is 0 Å². The number of aromatic nitrogens is 2. The maximum absolute atomic E-state index is 12.4. The maximum atomic E-state index is 12.4. The lowest BCUT2D eigenvalue weighted by molar-refractivity contribution is -0.138. The molecule has 9 nitrogen and oxygen atoms in total. The van der Waals surface area contributed by atoms with Gasteiger partial charge in [0.1, 0.15) is 6.54 Å². The first-order chi connectivity index (χ1) is 13.5. The Kier molecular flexibility index (Phi) is 4.66. The molecule has 0 aliphatic carbocycles. The number of benzene rings is 1. The van der Waals surface area contributed by atoms with Crippen molar-refractivity contribution in [3.8, 4) is 11.5 Å². The minimum atomic E-state index is -0.424. The molecule has 0 radical (unpaired) electrons. The second kappa shape index (κ2) is 7.14. The van der Waals surface area contributed by atoms with Crippen molar-refractivity contribution >= 4 is 11.8 Å². The van der Waals surface area contributed by atoms with E-state index in [1.54, 1.807) is 4.90 Å². The molecular weight excluding hydrogens is 364 g/mol. The smallest absolute Gasteiger partial charge is 0.292 e. The molecule has 2 aromatic rings. The first kappa shape index (κ1) is 18.3. The molecule has 3 heterocycles. The monoisotopic (exact) mass is 386 g/mol. The molecule has 2 amide bonds. The summed E-state index contributed by atoms with van der Waals surface area (Å²) in [6.45, 7) is 3.18. The number of nitrogens with zero attached hydrogens (tertiary/aromatic N) is 3. The van der Waals surface area contributed by atoms with E-state index in [1.165, 1.54) is 7.05 Å². The summed E-state index contributed by atoms with van der Waals surface area (Å²) in [5, 5.41) is 6.09. The summed E-state index contributed by atoms with van der Waals surface area (Å²) < 4.78 is 16.0. The second-order valence-electron chi connectivity index (χ2n) is 7.52. The van der Waals surface area contributed by atoms with Gasteiger partial charge in [0.2, 0.25) is 18.6 Å². The van der Waals surface area contributed by atoms with Crippen LogP contribution in [0.25, 0.3) is 0 Å². The van der Waals surface area contributed by atoms with E-state index in [0.717, 1.165) is 29.9 Å². The lowest BCUT2D eigenvalue weighted by atomic mass is 9.76. The Hall–Kier alpha value is -3.10. The lowest BCUT2D eigenvalue weighted by Gasteiger charge is -2.40. The molecule has 2 aliphatic heterocycles. The quantitative estimate of drug-likeness (QED) is 0.830. The van der Waals surface area contributed by atoms with Crippen molar-refractivity contribution in [2.45, 2.75) is 32.7 Å². The molecule has 9 heteroatoms. The van der Waals surface area contributed by atoms with Crippen LogP contribution in [0.5, 0.6) is 11.5 Å². The van der Waals surface area contributed by atoms with Crippen molar-refractivity contribution < 1.29 is 23.6 Å². The summed E-state index contributed by atoms with van der Waals surface area (Å²) in [5.41, 5.74) is 1.05. The van der Waals surface area contributed by atoms with Crippen LogP contribution in [-0.4, -0.2) is 47.2 Å². The summed E-state index contributed by atoms with van der Waals surface area (Å²) in [5.74, 6) is 1.36. The molecule has 1 saturated heterocycles. The van der Waals surface area contributed by atoms with E-state index < -0.39 is 5.91 Å². The Bertz CT molecular complexity index is 911. The highest BCUT2D eigenvalue weighted by Crippen LogP contribution is 2.38. The number of likely N-dealkylation sites (tertiary alicyclic amines) is 1. The Morgan fingerprint density at radius 3 is 2.96 bits per heavy atom. The van der Waals surface area contributed by atoms with Crippen molar-refractivity contribution in [3.05, 3.63) is 35.5 Å². The van der Waals surface area contributed by atoms with Crippen LogP contribution in [0.2, 0.25) is 0 Å². The SMILES string of the molecule is CNC(=O)c1noc(CN2C[C@](C)(Cc3ccc4c(c3)OCO4)CCC2=O)n1. The number of hydrogen-bond donors (Lipinski definition) is 1. The Labute approximate surface area is 162 Å². The van der Waals surface area contributed by atoms with E-state index in [2.05, 4.69) is 22.4 Å². The van der Waals surface area contributed by atoms with Crippen molar-refractivity contribution in [3.63, 3.8) is 0 Å². The minimum absolute atomic E-state index is 0.0370. The topological polar surface area (TPSA) is 107 Å². The minimum Gasteiger partial charge on any atom is -0.454 e. The van der Waals surface area contributed by atoms with Crippen LogP contribution in [0.15, 0.2) is 22.7 Å². The van der Waals surface area contributed by atoms with E-state index >= 15 is 0 Å². The standard InChI is InChI=1S/C19H22N4O5/c1-19(8-12-3-4-13-14(7-12)27-11-26-13)6-5-16(24)23(10-19)9-15-21-17(22-28-15)18(25)20-2/h3-4,7H,5-6,8-11H2,1-2H3,(H,20,25)/t19-/m0/s1. The molecule has 0 bridgehead atoms. The van der Waals surface area contributed by atoms with Crippen LogP contribution in [0.3, 0.4) is 0 Å². The number of carbonyl (C=O) groups excluding carboxylic acids is 2. The van der Waals surface area contributed by atoms with Gasteiger partial charge < -0.3 is 24.2 Å². The molecule has 1 N–H and O–H groups in total. The van der Waals surface area contributed by atoms with Crippen molar-refractivity contribution in [2.24, 2.45) is 5.41 Å². The highest BCUT2D eigenvalue weighted by molar-refractivity contribution is 5.89. The normalized spacial score (nSPS) is 21.1. The Morgan fingerprint density at radius 1 is 1.32 bits per heavy atom. The highest BCUT2D eigenvalue weighted by Gasteiger charge is 2.36. The van der Waals surface area contributed by atoms with E-state index in [4.69, 9.17) is 14.0 Å². The number of piperidine rings is 1. The van der Waals surface area contributed by atoms with Gasteiger partial charge in [-0.25, -0.2) is 0 Å². The van der Waals surface area contributed by atoms with E-state index in [9.17, 15) is 9.59 Å². The number of hydrogen-bond acceptors (Lipinski definition) is 7. The van der Waals surface area contributed by atoms with Crippen molar-refractivity contribution in [2.75, 3.05) is 20.4 Å². The van der Waals surface area contributed by atoms with Gasteiger partial charge in [-0.05, 0) is 36.0 Å². The zero-order chi connectivity index (χ0) is 19.7. The fourth-order valence-electron chi connectivity index (χ4n) is 3.71. The maximum Gasteiger partial charge on any atom is 0.292 e. The Morgan fingerprint density at radius 2 is 2.14 bits per heavy atom. The highest BCUT2D eigenvalue weighted by atomic mass is 16.7. The Balaban J connectivity index is 1.45. The number of rotatable bonds is 5.